The summed E-state index contributed by atoms with van der Waals surface area (Å²) in [7, 11) is 4.74. The summed E-state index contributed by atoms with van der Waals surface area (Å²) in [4.78, 5) is 12.2. The lowest BCUT2D eigenvalue weighted by atomic mass is 10.1. The summed E-state index contributed by atoms with van der Waals surface area (Å²) in [6.07, 6.45) is 4.05. The number of carbonyl (C=O) groups is 1. The second kappa shape index (κ2) is 13.3. The van der Waals surface area contributed by atoms with Crippen molar-refractivity contribution in [1.82, 2.24) is 10.6 Å². The molecule has 1 amide bonds. The Morgan fingerprint density at radius 1 is 0.970 bits per heavy atom. The molecule has 0 atom stereocenters. The molecule has 0 unspecified atom stereocenters. The predicted molar refractivity (Wildman–Crippen MR) is 134 cm³/mol. The Balaban J connectivity index is 1.86. The van der Waals surface area contributed by atoms with E-state index in [1.54, 1.807) is 39.5 Å². The maximum atomic E-state index is 12.2. The third-order valence-corrected chi connectivity index (χ3v) is 4.95. The van der Waals surface area contributed by atoms with Gasteiger partial charge in [0, 0.05) is 12.6 Å². The van der Waals surface area contributed by atoms with Crippen molar-refractivity contribution in [3.8, 4) is 23.0 Å². The van der Waals surface area contributed by atoms with Gasteiger partial charge in [0.05, 0.1) is 27.9 Å². The number of carbonyl (C=O) groups excluding carboxylic acids is 1. The Bertz CT molecular complexity index is 975. The molecule has 7 nitrogen and oxygen atoms in total. The second-order valence-corrected chi connectivity index (χ2v) is 8.04. The summed E-state index contributed by atoms with van der Waals surface area (Å²) >= 11 is 5.23. The van der Waals surface area contributed by atoms with Gasteiger partial charge in [0.25, 0.3) is 0 Å². The van der Waals surface area contributed by atoms with Crippen LogP contribution in [0.5, 0.6) is 23.0 Å². The molecule has 0 saturated heterocycles. The van der Waals surface area contributed by atoms with Gasteiger partial charge in [0.2, 0.25) is 5.91 Å². The van der Waals surface area contributed by atoms with E-state index in [1.165, 1.54) is 6.08 Å². The van der Waals surface area contributed by atoms with Gasteiger partial charge in [-0.2, -0.15) is 0 Å². The molecule has 2 aromatic rings. The van der Waals surface area contributed by atoms with Crippen molar-refractivity contribution in [2.24, 2.45) is 5.92 Å². The fourth-order valence-electron chi connectivity index (χ4n) is 2.85. The Morgan fingerprint density at radius 3 is 2.30 bits per heavy atom. The minimum Gasteiger partial charge on any atom is -0.493 e. The molecule has 8 heteroatoms. The van der Waals surface area contributed by atoms with E-state index >= 15 is 0 Å². The lowest BCUT2D eigenvalue weighted by Crippen LogP contribution is -2.37. The van der Waals surface area contributed by atoms with Crippen LogP contribution in [0.4, 0.5) is 0 Å². The summed E-state index contributed by atoms with van der Waals surface area (Å²) in [6, 6.07) is 11.1. The van der Waals surface area contributed by atoms with Crippen molar-refractivity contribution in [1.29, 1.82) is 0 Å². The van der Waals surface area contributed by atoms with Gasteiger partial charge in [-0.3, -0.25) is 10.1 Å². The highest BCUT2D eigenvalue weighted by Gasteiger charge is 2.08. The van der Waals surface area contributed by atoms with Crippen LogP contribution in [0.2, 0.25) is 0 Å². The number of hydrogen-bond donors (Lipinski definition) is 2. The highest BCUT2D eigenvalue weighted by Crippen LogP contribution is 2.29. The molecule has 0 fully saturated rings. The van der Waals surface area contributed by atoms with E-state index in [9.17, 15) is 4.79 Å². The van der Waals surface area contributed by atoms with Crippen molar-refractivity contribution >= 4 is 29.3 Å². The second-order valence-electron chi connectivity index (χ2n) is 7.64. The quantitative estimate of drug-likeness (QED) is 0.372. The summed E-state index contributed by atoms with van der Waals surface area (Å²) in [5.41, 5.74) is 1.74. The molecule has 0 spiro atoms. The summed E-state index contributed by atoms with van der Waals surface area (Å²) in [5.74, 6) is 2.81. The summed E-state index contributed by atoms with van der Waals surface area (Å²) in [5, 5.41) is 5.89. The van der Waals surface area contributed by atoms with Gasteiger partial charge in [-0.1, -0.05) is 26.0 Å². The highest BCUT2D eigenvalue weighted by atomic mass is 32.1. The third-order valence-electron chi connectivity index (χ3n) is 4.71. The number of amides is 1. The van der Waals surface area contributed by atoms with Crippen LogP contribution in [0.1, 0.15) is 31.4 Å². The van der Waals surface area contributed by atoms with Crippen LogP contribution < -0.4 is 29.6 Å². The van der Waals surface area contributed by atoms with Gasteiger partial charge in [-0.15, -0.1) is 0 Å². The molecular weight excluding hydrogens is 440 g/mol. The largest absolute Gasteiger partial charge is 0.493 e. The fourth-order valence-corrected chi connectivity index (χ4v) is 3.03. The van der Waals surface area contributed by atoms with Gasteiger partial charge in [0.1, 0.15) is 0 Å². The highest BCUT2D eigenvalue weighted by molar-refractivity contribution is 7.80. The minimum absolute atomic E-state index is 0.230. The Morgan fingerprint density at radius 2 is 1.64 bits per heavy atom. The van der Waals surface area contributed by atoms with E-state index in [0.29, 0.717) is 42.1 Å². The average Bonchev–Trinajstić information content (AvgIpc) is 2.81. The zero-order valence-corrected chi connectivity index (χ0v) is 20.6. The van der Waals surface area contributed by atoms with Crippen LogP contribution in [0.3, 0.4) is 0 Å². The van der Waals surface area contributed by atoms with Crippen LogP contribution in [0.25, 0.3) is 6.08 Å². The maximum absolute atomic E-state index is 12.2. The van der Waals surface area contributed by atoms with E-state index in [2.05, 4.69) is 24.5 Å². The third kappa shape index (κ3) is 8.65. The molecule has 0 radical (unpaired) electrons. The number of thiocarbonyl (C=S) groups is 1. The lowest BCUT2D eigenvalue weighted by molar-refractivity contribution is -0.115. The number of ether oxygens (including phenoxy) is 4. The molecule has 178 valence electrons. The van der Waals surface area contributed by atoms with Crippen LogP contribution >= 0.6 is 12.2 Å². The first-order chi connectivity index (χ1) is 15.9. The van der Waals surface area contributed by atoms with E-state index < -0.39 is 0 Å². The number of benzene rings is 2. The van der Waals surface area contributed by atoms with E-state index in [-0.39, 0.29) is 11.0 Å². The Labute approximate surface area is 201 Å². The maximum Gasteiger partial charge on any atom is 0.250 e. The zero-order chi connectivity index (χ0) is 24.2. The van der Waals surface area contributed by atoms with Gasteiger partial charge < -0.3 is 24.3 Å². The summed E-state index contributed by atoms with van der Waals surface area (Å²) in [6.45, 7) is 5.38. The smallest absolute Gasteiger partial charge is 0.250 e. The van der Waals surface area contributed by atoms with E-state index in [1.807, 2.05) is 24.3 Å². The molecular formula is C25H32N2O5S. The van der Waals surface area contributed by atoms with Crippen molar-refractivity contribution in [2.45, 2.75) is 26.8 Å². The fraction of sp³-hybridized carbons (Fsp3) is 0.360. The first-order valence-corrected chi connectivity index (χ1v) is 11.1. The van der Waals surface area contributed by atoms with Crippen molar-refractivity contribution in [2.75, 3.05) is 27.9 Å². The average molecular weight is 473 g/mol. The summed E-state index contributed by atoms with van der Waals surface area (Å²) < 4.78 is 21.7. The molecule has 0 aliphatic rings. The molecule has 2 rings (SSSR count). The normalized spacial score (nSPS) is 10.7. The molecule has 0 aliphatic heterocycles. The van der Waals surface area contributed by atoms with Crippen molar-refractivity contribution in [3.05, 3.63) is 53.6 Å². The van der Waals surface area contributed by atoms with Crippen LogP contribution in [-0.4, -0.2) is 39.0 Å². The van der Waals surface area contributed by atoms with Crippen molar-refractivity contribution < 1.29 is 23.7 Å². The SMILES string of the molecule is COc1ccc(/C=C/C(=O)NC(=S)NCc2ccc(OCCC(C)C)c(OC)c2)cc1OC. The monoisotopic (exact) mass is 472 g/mol. The predicted octanol–water partition coefficient (Wildman–Crippen LogP) is 4.34. The Kier molecular flexibility index (Phi) is 10.5. The van der Waals surface area contributed by atoms with Crippen molar-refractivity contribution in [3.63, 3.8) is 0 Å². The zero-order valence-electron chi connectivity index (χ0n) is 19.8. The number of nitrogens with one attached hydrogen (secondary N) is 2. The van der Waals surface area contributed by atoms with E-state index in [0.717, 1.165) is 17.5 Å². The van der Waals surface area contributed by atoms with Gasteiger partial charge in [0.15, 0.2) is 28.1 Å². The van der Waals surface area contributed by atoms with Gasteiger partial charge in [-0.25, -0.2) is 0 Å². The standard InChI is InChI=1S/C25H32N2O5S/c1-17(2)12-13-32-21-10-7-19(15-23(21)31-5)16-26-25(33)27-24(28)11-8-18-6-9-20(29-3)22(14-18)30-4/h6-11,14-15,17H,12-13,16H2,1-5H3,(H2,26,27,28,33)/b11-8+. The van der Waals surface area contributed by atoms with E-state index in [4.69, 9.17) is 31.2 Å². The van der Waals surface area contributed by atoms with Crippen LogP contribution in [0, 0.1) is 5.92 Å². The topological polar surface area (TPSA) is 78.1 Å². The Hall–Kier alpha value is -3.26. The molecule has 2 aromatic carbocycles. The molecule has 0 aromatic heterocycles. The number of methoxy groups -OCH3 is 3. The molecule has 0 saturated carbocycles. The van der Waals surface area contributed by atoms with Gasteiger partial charge in [-0.05, 0) is 66.0 Å². The van der Waals surface area contributed by atoms with Gasteiger partial charge >= 0.3 is 0 Å². The van der Waals surface area contributed by atoms with Crippen LogP contribution in [-0.2, 0) is 11.3 Å². The van der Waals surface area contributed by atoms with Crippen LogP contribution in [0.15, 0.2) is 42.5 Å². The first-order valence-electron chi connectivity index (χ1n) is 10.6. The first kappa shape index (κ1) is 26.0. The molecule has 2 N–H and O–H groups in total. The number of hydrogen-bond acceptors (Lipinski definition) is 6. The lowest BCUT2D eigenvalue weighted by Gasteiger charge is -2.14. The molecule has 0 heterocycles. The molecule has 33 heavy (non-hydrogen) atoms. The number of rotatable bonds is 11. The minimum atomic E-state index is -0.339. The molecule has 0 bridgehead atoms. The molecule has 0 aliphatic carbocycles.